The van der Waals surface area contributed by atoms with Gasteiger partial charge in [0.2, 0.25) is 0 Å². The van der Waals surface area contributed by atoms with Crippen LogP contribution in [0.25, 0.3) is 0 Å². The molecule has 0 spiro atoms. The fourth-order valence-electron chi connectivity index (χ4n) is 3.42. The van der Waals surface area contributed by atoms with Gasteiger partial charge in [0.15, 0.2) is 5.79 Å². The third-order valence-corrected chi connectivity index (χ3v) is 4.40. The van der Waals surface area contributed by atoms with Crippen LogP contribution in [0.3, 0.4) is 0 Å². The molecule has 0 radical (unpaired) electrons. The topological polar surface area (TPSA) is 57.2 Å². The van der Waals surface area contributed by atoms with Gasteiger partial charge in [-0.25, -0.2) is 4.79 Å². The number of ether oxygens (including phenoxy) is 4. The van der Waals surface area contributed by atoms with E-state index in [0.717, 1.165) is 0 Å². The van der Waals surface area contributed by atoms with E-state index in [2.05, 4.69) is 6.58 Å². The van der Waals surface area contributed by atoms with Gasteiger partial charge in [0.25, 0.3) is 0 Å². The average molecular weight is 341 g/mol. The normalized spacial score (nSPS) is 28.6. The summed E-state index contributed by atoms with van der Waals surface area (Å²) in [6.45, 7) is 16.2. The lowest BCUT2D eigenvalue weighted by atomic mass is 10.0. The molecule has 24 heavy (non-hydrogen) atoms. The average Bonchev–Trinajstić information content (AvgIpc) is 2.86. The number of hydrogen-bond donors (Lipinski definition) is 0. The van der Waals surface area contributed by atoms with Gasteiger partial charge in [-0.1, -0.05) is 6.08 Å². The molecule has 2 aliphatic heterocycles. The maximum Gasteiger partial charge on any atom is 0.412 e. The second kappa shape index (κ2) is 6.65. The smallest absolute Gasteiger partial charge is 0.412 e. The molecule has 0 bridgehead atoms. The Balaban J connectivity index is 2.02. The Bertz CT molecular complexity index is 470. The van der Waals surface area contributed by atoms with Crippen LogP contribution in [0.15, 0.2) is 12.7 Å². The lowest BCUT2D eigenvalue weighted by Gasteiger charge is -2.37. The number of hydrogen-bond acceptors (Lipinski definition) is 5. The van der Waals surface area contributed by atoms with Gasteiger partial charge in [-0.05, 0) is 41.5 Å². The Hall–Kier alpha value is -1.11. The standard InChI is InChI=1S/C18H31NO5/c1-8-9-13(10-14-11-21-18(6,7)24-14)23-15(20)19-16(2,3)12-22-17(19,4)5/h8,13-14H,1,9-12H2,2-7H3/t13-,14-/m0/s1. The zero-order valence-corrected chi connectivity index (χ0v) is 15.8. The Kier molecular flexibility index (Phi) is 5.33. The Morgan fingerprint density at radius 1 is 1.29 bits per heavy atom. The molecule has 0 N–H and O–H groups in total. The highest BCUT2D eigenvalue weighted by Crippen LogP contribution is 2.35. The molecule has 2 atom stereocenters. The van der Waals surface area contributed by atoms with Crippen molar-refractivity contribution < 1.29 is 23.7 Å². The third kappa shape index (κ3) is 4.29. The van der Waals surface area contributed by atoms with Crippen molar-refractivity contribution in [2.45, 2.75) is 83.6 Å². The summed E-state index contributed by atoms with van der Waals surface area (Å²) in [5, 5.41) is 0. The van der Waals surface area contributed by atoms with Crippen molar-refractivity contribution in [1.82, 2.24) is 4.90 Å². The van der Waals surface area contributed by atoms with Gasteiger partial charge in [0, 0.05) is 12.8 Å². The van der Waals surface area contributed by atoms with E-state index in [4.69, 9.17) is 18.9 Å². The second-order valence-electron chi connectivity index (χ2n) is 8.10. The minimum atomic E-state index is -0.686. The zero-order valence-electron chi connectivity index (χ0n) is 15.8. The lowest BCUT2D eigenvalue weighted by Crippen LogP contribution is -2.53. The van der Waals surface area contributed by atoms with Crippen molar-refractivity contribution in [1.29, 1.82) is 0 Å². The van der Waals surface area contributed by atoms with Crippen molar-refractivity contribution in [3.63, 3.8) is 0 Å². The highest BCUT2D eigenvalue weighted by atomic mass is 16.7. The first kappa shape index (κ1) is 19.2. The highest BCUT2D eigenvalue weighted by Gasteiger charge is 2.50. The Labute approximate surface area is 145 Å². The molecule has 0 unspecified atom stereocenters. The van der Waals surface area contributed by atoms with Gasteiger partial charge < -0.3 is 18.9 Å². The van der Waals surface area contributed by atoms with Gasteiger partial charge >= 0.3 is 6.09 Å². The monoisotopic (exact) mass is 341 g/mol. The predicted octanol–water partition coefficient (Wildman–Crippen LogP) is 3.46. The molecule has 2 rings (SSSR count). The first-order valence-corrected chi connectivity index (χ1v) is 8.54. The van der Waals surface area contributed by atoms with Crippen LogP contribution in [0.5, 0.6) is 0 Å². The minimum absolute atomic E-state index is 0.0893. The molecule has 0 aromatic rings. The molecule has 138 valence electrons. The van der Waals surface area contributed by atoms with Crippen LogP contribution in [0, 0.1) is 0 Å². The van der Waals surface area contributed by atoms with Gasteiger partial charge in [0.05, 0.1) is 24.9 Å². The maximum absolute atomic E-state index is 12.8. The van der Waals surface area contributed by atoms with Gasteiger partial charge in [-0.15, -0.1) is 6.58 Å². The molecule has 0 aliphatic carbocycles. The molecule has 2 fully saturated rings. The van der Waals surface area contributed by atoms with Crippen LogP contribution >= 0.6 is 0 Å². The number of rotatable bonds is 5. The summed E-state index contributed by atoms with van der Waals surface area (Å²) in [6, 6.07) is 0. The molecule has 2 saturated heterocycles. The number of carbonyl (C=O) groups is 1. The van der Waals surface area contributed by atoms with E-state index in [9.17, 15) is 4.79 Å². The van der Waals surface area contributed by atoms with Gasteiger partial charge in [-0.3, -0.25) is 4.90 Å². The summed E-state index contributed by atoms with van der Waals surface area (Å²) in [5.41, 5.74) is -1.09. The fourth-order valence-corrected chi connectivity index (χ4v) is 3.42. The van der Waals surface area contributed by atoms with Crippen molar-refractivity contribution in [2.24, 2.45) is 0 Å². The molecular formula is C18H31NO5. The van der Waals surface area contributed by atoms with E-state index in [0.29, 0.717) is 26.1 Å². The summed E-state index contributed by atoms with van der Waals surface area (Å²) in [6.07, 6.45) is 2.15. The van der Waals surface area contributed by atoms with Crippen LogP contribution in [-0.2, 0) is 18.9 Å². The molecule has 2 heterocycles. The van der Waals surface area contributed by atoms with Crippen molar-refractivity contribution in [2.75, 3.05) is 13.2 Å². The van der Waals surface area contributed by atoms with Gasteiger partial charge in [0.1, 0.15) is 11.8 Å². The molecule has 1 amide bonds. The van der Waals surface area contributed by atoms with Crippen LogP contribution in [0.2, 0.25) is 0 Å². The first-order valence-electron chi connectivity index (χ1n) is 8.54. The molecule has 2 aliphatic rings. The number of amides is 1. The van der Waals surface area contributed by atoms with E-state index >= 15 is 0 Å². The summed E-state index contributed by atoms with van der Waals surface area (Å²) in [5.74, 6) is -0.583. The van der Waals surface area contributed by atoms with Crippen molar-refractivity contribution >= 4 is 6.09 Å². The largest absolute Gasteiger partial charge is 0.446 e. The summed E-state index contributed by atoms with van der Waals surface area (Å²) < 4.78 is 22.9. The van der Waals surface area contributed by atoms with Crippen LogP contribution < -0.4 is 0 Å². The predicted molar refractivity (Wildman–Crippen MR) is 90.6 cm³/mol. The molecule has 0 saturated carbocycles. The summed E-state index contributed by atoms with van der Waals surface area (Å²) >= 11 is 0. The third-order valence-electron chi connectivity index (χ3n) is 4.40. The van der Waals surface area contributed by atoms with Crippen LogP contribution in [-0.4, -0.2) is 53.5 Å². The lowest BCUT2D eigenvalue weighted by molar-refractivity contribution is -0.141. The molecule has 6 heteroatoms. The van der Waals surface area contributed by atoms with Gasteiger partial charge in [-0.2, -0.15) is 0 Å². The van der Waals surface area contributed by atoms with Crippen LogP contribution in [0.4, 0.5) is 4.79 Å². The van der Waals surface area contributed by atoms with E-state index in [1.165, 1.54) is 0 Å². The maximum atomic E-state index is 12.8. The minimum Gasteiger partial charge on any atom is -0.446 e. The van der Waals surface area contributed by atoms with Crippen molar-refractivity contribution in [3.05, 3.63) is 12.7 Å². The SMILES string of the molecule is C=CC[C@@H](C[C@H]1COC(C)(C)O1)OC(=O)N1C(C)(C)COC1(C)C. The van der Waals surface area contributed by atoms with E-state index in [-0.39, 0.29) is 18.3 Å². The molecule has 6 nitrogen and oxygen atoms in total. The van der Waals surface area contributed by atoms with E-state index in [1.807, 2.05) is 41.5 Å². The van der Waals surface area contributed by atoms with Crippen molar-refractivity contribution in [3.8, 4) is 0 Å². The summed E-state index contributed by atoms with van der Waals surface area (Å²) in [4.78, 5) is 14.5. The van der Waals surface area contributed by atoms with E-state index in [1.54, 1.807) is 11.0 Å². The Morgan fingerprint density at radius 2 is 1.96 bits per heavy atom. The number of carbonyl (C=O) groups excluding carboxylic acids is 1. The fraction of sp³-hybridized carbons (Fsp3) is 0.833. The summed E-state index contributed by atoms with van der Waals surface area (Å²) in [7, 11) is 0. The quantitative estimate of drug-likeness (QED) is 0.717. The number of nitrogens with zero attached hydrogens (tertiary/aromatic N) is 1. The molecular weight excluding hydrogens is 310 g/mol. The Morgan fingerprint density at radius 3 is 2.42 bits per heavy atom. The molecule has 0 aromatic carbocycles. The molecule has 0 aromatic heterocycles. The second-order valence-corrected chi connectivity index (χ2v) is 8.10. The zero-order chi connectivity index (χ0) is 18.2. The highest BCUT2D eigenvalue weighted by molar-refractivity contribution is 5.70. The van der Waals surface area contributed by atoms with E-state index < -0.39 is 17.1 Å². The first-order chi connectivity index (χ1) is 11.0. The van der Waals surface area contributed by atoms with Crippen LogP contribution in [0.1, 0.15) is 54.4 Å².